The van der Waals surface area contributed by atoms with Crippen molar-refractivity contribution in [2.75, 3.05) is 18.6 Å². The van der Waals surface area contributed by atoms with Gasteiger partial charge < -0.3 is 19.3 Å². The average Bonchev–Trinajstić information content (AvgIpc) is 2.95. The molecule has 12 heteroatoms. The zero-order valence-electron chi connectivity index (χ0n) is 21.8. The zero-order valence-corrected chi connectivity index (χ0v) is 22.6. The molecule has 2 N–H and O–H groups in total. The highest BCUT2D eigenvalue weighted by Gasteiger charge is 2.37. The molecule has 1 saturated heterocycles. The van der Waals surface area contributed by atoms with Crippen molar-refractivity contribution in [3.63, 3.8) is 0 Å². The third kappa shape index (κ3) is 6.36. The van der Waals surface area contributed by atoms with Gasteiger partial charge in [-0.25, -0.2) is 19.3 Å². The lowest BCUT2D eigenvalue weighted by atomic mass is 10.1. The number of aromatic carboxylic acids is 1. The summed E-state index contributed by atoms with van der Waals surface area (Å²) in [6.07, 6.45) is 1.27. The number of carboxylic acids is 1. The molecule has 0 aliphatic carbocycles. The zero-order chi connectivity index (χ0) is 29.7. The minimum Gasteiger partial charge on any atom is -0.490 e. The van der Waals surface area contributed by atoms with E-state index in [0.717, 1.165) is 4.90 Å². The first-order valence-electron chi connectivity index (χ1n) is 12.1. The van der Waals surface area contributed by atoms with Gasteiger partial charge in [-0.3, -0.25) is 14.9 Å². The number of nitrogens with zero attached hydrogens (tertiary/aromatic N) is 1. The number of barbiturate groups is 1. The molecule has 4 rings (SSSR count). The molecule has 0 aromatic heterocycles. The summed E-state index contributed by atoms with van der Waals surface area (Å²) < 4.78 is 16.2. The maximum absolute atomic E-state index is 13.3. The maximum Gasteiger partial charge on any atom is 0.337 e. The van der Waals surface area contributed by atoms with Crippen molar-refractivity contribution >= 4 is 53.1 Å². The van der Waals surface area contributed by atoms with Crippen LogP contribution in [0.4, 0.5) is 10.5 Å². The van der Waals surface area contributed by atoms with Crippen LogP contribution in [-0.2, 0) is 20.9 Å². The Bertz CT molecular complexity index is 1560. The number of hydrogen-bond donors (Lipinski definition) is 2. The first kappa shape index (κ1) is 28.8. The van der Waals surface area contributed by atoms with Crippen LogP contribution in [0.3, 0.4) is 0 Å². The summed E-state index contributed by atoms with van der Waals surface area (Å²) in [5.41, 5.74) is 1.16. The quantitative estimate of drug-likeness (QED) is 0.213. The van der Waals surface area contributed by atoms with Crippen LogP contribution in [0.2, 0.25) is 5.02 Å². The van der Waals surface area contributed by atoms with Gasteiger partial charge in [-0.2, -0.15) is 0 Å². The Kier molecular flexibility index (Phi) is 8.69. The van der Waals surface area contributed by atoms with Gasteiger partial charge >= 0.3 is 18.0 Å². The molecule has 3 aromatic rings. The van der Waals surface area contributed by atoms with E-state index in [2.05, 4.69) is 10.1 Å². The minimum absolute atomic E-state index is 0.0624. The Hall–Kier alpha value is -5.16. The Balaban J connectivity index is 1.61. The number of methoxy groups -OCH3 is 1. The van der Waals surface area contributed by atoms with Crippen LogP contribution in [0, 0.1) is 0 Å². The molecule has 3 aromatic carbocycles. The Labute approximate surface area is 238 Å². The second-order valence-corrected chi connectivity index (χ2v) is 8.96. The number of anilines is 1. The summed E-state index contributed by atoms with van der Waals surface area (Å²) in [4.78, 5) is 62.0. The van der Waals surface area contributed by atoms with Crippen LogP contribution in [0.25, 0.3) is 6.08 Å². The van der Waals surface area contributed by atoms with E-state index in [9.17, 15) is 24.0 Å². The number of carbonyl (C=O) groups is 5. The Morgan fingerprint density at radius 3 is 2.24 bits per heavy atom. The van der Waals surface area contributed by atoms with Crippen LogP contribution in [-0.4, -0.2) is 48.6 Å². The van der Waals surface area contributed by atoms with Gasteiger partial charge in [-0.05, 0) is 72.7 Å². The Morgan fingerprint density at radius 2 is 1.63 bits per heavy atom. The number of hydrogen-bond acceptors (Lipinski definition) is 8. The lowest BCUT2D eigenvalue weighted by molar-refractivity contribution is -0.122. The van der Waals surface area contributed by atoms with Crippen molar-refractivity contribution in [3.05, 3.63) is 93.5 Å². The number of esters is 1. The highest BCUT2D eigenvalue weighted by Crippen LogP contribution is 2.38. The number of rotatable bonds is 9. The summed E-state index contributed by atoms with van der Waals surface area (Å²) >= 11 is 6.49. The number of imide groups is 2. The lowest BCUT2D eigenvalue weighted by Crippen LogP contribution is -2.54. The molecule has 0 bridgehead atoms. The van der Waals surface area contributed by atoms with Crippen molar-refractivity contribution in [2.24, 2.45) is 0 Å². The van der Waals surface area contributed by atoms with Crippen LogP contribution in [0.15, 0.2) is 66.2 Å². The number of amides is 4. The highest BCUT2D eigenvalue weighted by molar-refractivity contribution is 6.39. The second-order valence-electron chi connectivity index (χ2n) is 8.55. The summed E-state index contributed by atoms with van der Waals surface area (Å²) in [6, 6.07) is 13.7. The van der Waals surface area contributed by atoms with E-state index in [1.165, 1.54) is 61.7 Å². The summed E-state index contributed by atoms with van der Waals surface area (Å²) in [5, 5.41) is 11.3. The van der Waals surface area contributed by atoms with E-state index in [0.29, 0.717) is 11.1 Å². The highest BCUT2D eigenvalue weighted by atomic mass is 35.5. The van der Waals surface area contributed by atoms with Gasteiger partial charge in [0.15, 0.2) is 11.5 Å². The van der Waals surface area contributed by atoms with Crippen molar-refractivity contribution < 1.29 is 43.3 Å². The summed E-state index contributed by atoms with van der Waals surface area (Å²) in [5.74, 6) is -2.97. The molecule has 0 spiro atoms. The third-order valence-electron chi connectivity index (χ3n) is 5.88. The van der Waals surface area contributed by atoms with E-state index in [4.69, 9.17) is 26.2 Å². The van der Waals surface area contributed by atoms with E-state index in [1.807, 2.05) is 0 Å². The number of halogens is 1. The van der Waals surface area contributed by atoms with E-state index in [-0.39, 0.29) is 52.1 Å². The van der Waals surface area contributed by atoms with Crippen LogP contribution in [0.1, 0.15) is 38.8 Å². The van der Waals surface area contributed by atoms with E-state index >= 15 is 0 Å². The van der Waals surface area contributed by atoms with Crippen molar-refractivity contribution in [3.8, 4) is 11.5 Å². The standard InChI is InChI=1S/C29H23ClN2O9/c1-3-40-23-14-17(13-22(30)24(23)41-15-16-4-6-18(7-5-16)27(35)36)12-21-25(33)31-29(38)32(26(21)34)20-10-8-19(9-11-20)28(37)39-2/h4-14H,3,15H2,1-2H3,(H,35,36)(H,31,33,38)/b21-12+. The molecule has 210 valence electrons. The number of urea groups is 1. The molecule has 0 atom stereocenters. The minimum atomic E-state index is -1.04. The fraction of sp³-hybridized carbons (Fsp3) is 0.138. The first-order valence-corrected chi connectivity index (χ1v) is 12.5. The molecule has 1 heterocycles. The van der Waals surface area contributed by atoms with Crippen LogP contribution in [0.5, 0.6) is 11.5 Å². The smallest absolute Gasteiger partial charge is 0.337 e. The molecule has 11 nitrogen and oxygen atoms in total. The van der Waals surface area contributed by atoms with Crippen molar-refractivity contribution in [1.82, 2.24) is 5.32 Å². The topological polar surface area (TPSA) is 149 Å². The molecule has 41 heavy (non-hydrogen) atoms. The predicted molar refractivity (Wildman–Crippen MR) is 147 cm³/mol. The van der Waals surface area contributed by atoms with Gasteiger partial charge in [-0.15, -0.1) is 0 Å². The fourth-order valence-corrected chi connectivity index (χ4v) is 4.17. The van der Waals surface area contributed by atoms with Crippen LogP contribution >= 0.6 is 11.6 Å². The number of ether oxygens (including phenoxy) is 3. The fourth-order valence-electron chi connectivity index (χ4n) is 3.90. The van der Waals surface area contributed by atoms with Crippen molar-refractivity contribution in [1.29, 1.82) is 0 Å². The van der Waals surface area contributed by atoms with Crippen molar-refractivity contribution in [2.45, 2.75) is 13.5 Å². The largest absolute Gasteiger partial charge is 0.490 e. The summed E-state index contributed by atoms with van der Waals surface area (Å²) in [6.45, 7) is 2.07. The van der Waals surface area contributed by atoms with Gasteiger partial charge in [0.2, 0.25) is 0 Å². The van der Waals surface area contributed by atoms with Gasteiger partial charge in [0.25, 0.3) is 11.8 Å². The monoisotopic (exact) mass is 578 g/mol. The van der Waals surface area contributed by atoms with E-state index < -0.39 is 29.8 Å². The van der Waals surface area contributed by atoms with Gasteiger partial charge in [0.05, 0.1) is 35.6 Å². The average molecular weight is 579 g/mol. The SMILES string of the molecule is CCOc1cc(/C=C2\C(=O)NC(=O)N(c3ccc(C(=O)OC)cc3)C2=O)cc(Cl)c1OCc1ccc(C(=O)O)cc1. The molecular formula is C29H23ClN2O9. The maximum atomic E-state index is 13.3. The first-order chi connectivity index (χ1) is 19.6. The van der Waals surface area contributed by atoms with Gasteiger partial charge in [0, 0.05) is 0 Å². The molecule has 1 fully saturated rings. The van der Waals surface area contributed by atoms with Gasteiger partial charge in [0.1, 0.15) is 12.2 Å². The Morgan fingerprint density at radius 1 is 0.976 bits per heavy atom. The number of nitrogens with one attached hydrogen (secondary N) is 1. The molecule has 0 radical (unpaired) electrons. The predicted octanol–water partition coefficient (Wildman–Crippen LogP) is 4.47. The number of benzene rings is 3. The molecule has 1 aliphatic rings. The van der Waals surface area contributed by atoms with E-state index in [1.54, 1.807) is 19.1 Å². The molecule has 4 amide bonds. The summed E-state index contributed by atoms with van der Waals surface area (Å²) in [7, 11) is 1.23. The lowest BCUT2D eigenvalue weighted by Gasteiger charge is -2.26. The number of carboxylic acid groups (broad SMARTS) is 1. The molecule has 0 unspecified atom stereocenters. The molecular weight excluding hydrogens is 556 g/mol. The second kappa shape index (κ2) is 12.3. The molecule has 1 aliphatic heterocycles. The number of carbonyl (C=O) groups excluding carboxylic acids is 4. The van der Waals surface area contributed by atoms with Crippen LogP contribution < -0.4 is 19.7 Å². The normalized spacial score (nSPS) is 14.1. The molecule has 0 saturated carbocycles. The third-order valence-corrected chi connectivity index (χ3v) is 6.16. The van der Waals surface area contributed by atoms with Gasteiger partial charge in [-0.1, -0.05) is 23.7 Å².